The molecule has 0 aliphatic rings. The summed E-state index contributed by atoms with van der Waals surface area (Å²) in [4.78, 5) is 0. The van der Waals surface area contributed by atoms with Gasteiger partial charge in [0.25, 0.3) is 0 Å². The summed E-state index contributed by atoms with van der Waals surface area (Å²) in [6, 6.07) is 0. The van der Waals surface area contributed by atoms with Crippen molar-refractivity contribution >= 4 is 18.1 Å². The highest BCUT2D eigenvalue weighted by Crippen LogP contribution is 2.47. The zero-order chi connectivity index (χ0) is 8.20. The molecule has 0 saturated heterocycles. The van der Waals surface area contributed by atoms with E-state index in [4.69, 9.17) is 8.74 Å². The van der Waals surface area contributed by atoms with Crippen molar-refractivity contribution in [2.24, 2.45) is 5.92 Å². The predicted octanol–water partition coefficient (Wildman–Crippen LogP) is 0.779. The van der Waals surface area contributed by atoms with E-state index < -0.39 is 7.60 Å². The second-order valence-electron chi connectivity index (χ2n) is 2.55. The topological polar surface area (TPSA) is 35.5 Å². The molecule has 62 valence electrons. The van der Waals surface area contributed by atoms with Gasteiger partial charge in [0.1, 0.15) is 0 Å². The van der Waals surface area contributed by atoms with Crippen molar-refractivity contribution in [3.05, 3.63) is 0 Å². The monoisotopic (exact) mass is 182 g/mol. The van der Waals surface area contributed by atoms with Gasteiger partial charge >= 0.3 is 7.60 Å². The minimum Gasteiger partial charge on any atom is -0.362 e. The van der Waals surface area contributed by atoms with E-state index in [0.29, 0.717) is 22.6 Å². The first-order valence-corrected chi connectivity index (χ1v) is 5.79. The zero-order valence-electron chi connectivity index (χ0n) is 6.96. The quantitative estimate of drug-likeness (QED) is 0.476. The van der Waals surface area contributed by atoms with Crippen molar-refractivity contribution in [1.82, 2.24) is 0 Å². The van der Waals surface area contributed by atoms with Crippen LogP contribution in [0.1, 0.15) is 13.8 Å². The minimum atomic E-state index is -2.68. The maximum Gasteiger partial charge on any atom is 0.320 e. The summed E-state index contributed by atoms with van der Waals surface area (Å²) in [5.41, 5.74) is 0. The molecule has 5 heteroatoms. The van der Waals surface area contributed by atoms with E-state index in [1.54, 1.807) is 0 Å². The lowest BCUT2D eigenvalue weighted by atomic mass is 10.3. The predicted molar refractivity (Wildman–Crippen MR) is 45.3 cm³/mol. The van der Waals surface area contributed by atoms with Gasteiger partial charge in [-0.25, -0.2) is 0 Å². The fourth-order valence-corrected chi connectivity index (χ4v) is 2.91. The molecule has 10 heavy (non-hydrogen) atoms. The van der Waals surface area contributed by atoms with Crippen LogP contribution in [0, 0.1) is 5.92 Å². The third kappa shape index (κ3) is 3.51. The lowest BCUT2D eigenvalue weighted by Crippen LogP contribution is -2.01. The van der Waals surface area contributed by atoms with E-state index in [0.717, 1.165) is 0 Å². The molecule has 0 heterocycles. The highest BCUT2D eigenvalue weighted by atomic mass is 31.2. The van der Waals surface area contributed by atoms with E-state index >= 15 is 0 Å². The Morgan fingerprint density at radius 3 is 2.20 bits per heavy atom. The van der Waals surface area contributed by atoms with Crippen LogP contribution in [0.25, 0.3) is 0 Å². The molecule has 0 fully saturated rings. The van der Waals surface area contributed by atoms with Crippen molar-refractivity contribution in [2.45, 2.75) is 13.8 Å². The first kappa shape index (κ1) is 10.4. The summed E-state index contributed by atoms with van der Waals surface area (Å²) in [6.45, 7) is 3.98. The van der Waals surface area contributed by atoms with E-state index in [1.807, 2.05) is 13.8 Å². The van der Waals surface area contributed by atoms with Crippen molar-refractivity contribution in [3.8, 4) is 0 Å². The van der Waals surface area contributed by atoms with E-state index in [2.05, 4.69) is 0 Å². The Hall–Kier alpha value is 0.367. The van der Waals surface area contributed by atoms with E-state index in [-0.39, 0.29) is 0 Å². The third-order valence-corrected chi connectivity index (χ3v) is 5.10. The fraction of sp³-hybridized carbons (Fsp3) is 1.00. The Labute approximate surface area is 65.2 Å². The summed E-state index contributed by atoms with van der Waals surface area (Å²) >= 11 is 0. The number of hydrogen-bond acceptors (Lipinski definition) is 3. The SMILES string of the molecule is COP(=O)(CC(C)C)O[SiH3]. The van der Waals surface area contributed by atoms with Crippen LogP contribution >= 0.6 is 7.60 Å². The Bertz CT molecular complexity index is 129. The fourth-order valence-electron chi connectivity index (χ4n) is 0.671. The normalized spacial score (nSPS) is 17.6. The molecule has 0 rings (SSSR count). The van der Waals surface area contributed by atoms with Gasteiger partial charge in [-0.3, -0.25) is 4.57 Å². The molecule has 0 saturated carbocycles. The Morgan fingerprint density at radius 2 is 2.10 bits per heavy atom. The van der Waals surface area contributed by atoms with Crippen LogP contribution in [0.5, 0.6) is 0 Å². The zero-order valence-corrected chi connectivity index (χ0v) is 9.85. The summed E-state index contributed by atoms with van der Waals surface area (Å²) in [6.07, 6.45) is 0.521. The maximum atomic E-state index is 11.4. The van der Waals surface area contributed by atoms with E-state index in [9.17, 15) is 4.57 Å². The van der Waals surface area contributed by atoms with Gasteiger partial charge in [0.05, 0.1) is 6.16 Å². The highest BCUT2D eigenvalue weighted by Gasteiger charge is 2.21. The van der Waals surface area contributed by atoms with Gasteiger partial charge in [0.15, 0.2) is 10.5 Å². The molecule has 0 aliphatic carbocycles. The van der Waals surface area contributed by atoms with Crippen molar-refractivity contribution in [2.75, 3.05) is 13.3 Å². The van der Waals surface area contributed by atoms with Crippen molar-refractivity contribution < 1.29 is 13.3 Å². The van der Waals surface area contributed by atoms with Crippen LogP contribution in [0.3, 0.4) is 0 Å². The lowest BCUT2D eigenvalue weighted by molar-refractivity contribution is 0.325. The minimum absolute atomic E-state index is 0.361. The summed E-state index contributed by atoms with van der Waals surface area (Å²) in [5.74, 6) is 0.361. The molecule has 1 atom stereocenters. The van der Waals surface area contributed by atoms with Gasteiger partial charge in [-0.2, -0.15) is 0 Å². The summed E-state index contributed by atoms with van der Waals surface area (Å²) in [5, 5.41) is 0. The standard InChI is InChI=1S/C5H15O3PSi/c1-5(2)4-9(6,7-3)8-10/h5H,4H2,1-3,10H3. The molecule has 0 aromatic carbocycles. The Balaban J connectivity index is 3.94. The van der Waals surface area contributed by atoms with Gasteiger partial charge in [-0.15, -0.1) is 0 Å². The molecule has 3 nitrogen and oxygen atoms in total. The van der Waals surface area contributed by atoms with Crippen molar-refractivity contribution in [1.29, 1.82) is 0 Å². The van der Waals surface area contributed by atoms with Crippen LogP contribution in [0.15, 0.2) is 0 Å². The number of rotatable bonds is 4. The molecule has 0 spiro atoms. The van der Waals surface area contributed by atoms with Crippen LogP contribution in [0.4, 0.5) is 0 Å². The van der Waals surface area contributed by atoms with Crippen LogP contribution in [0.2, 0.25) is 0 Å². The molecule has 0 aromatic heterocycles. The summed E-state index contributed by atoms with van der Waals surface area (Å²) in [7, 11) is -0.770. The molecule has 0 aromatic rings. The Kier molecular flexibility index (Phi) is 4.44. The maximum absolute atomic E-state index is 11.4. The third-order valence-electron chi connectivity index (χ3n) is 1.15. The van der Waals surface area contributed by atoms with Gasteiger partial charge in [-0.1, -0.05) is 13.8 Å². The molecular formula is C5H15O3PSi. The van der Waals surface area contributed by atoms with Gasteiger partial charge < -0.3 is 8.74 Å². The molecule has 0 N–H and O–H groups in total. The average molecular weight is 182 g/mol. The second kappa shape index (κ2) is 4.29. The van der Waals surface area contributed by atoms with Gasteiger partial charge in [0.2, 0.25) is 0 Å². The molecule has 0 radical (unpaired) electrons. The lowest BCUT2D eigenvalue weighted by Gasteiger charge is -2.15. The first-order chi connectivity index (χ1) is 4.54. The van der Waals surface area contributed by atoms with Crippen LogP contribution in [-0.2, 0) is 13.3 Å². The van der Waals surface area contributed by atoms with Gasteiger partial charge in [0, 0.05) is 7.11 Å². The van der Waals surface area contributed by atoms with E-state index in [1.165, 1.54) is 7.11 Å². The van der Waals surface area contributed by atoms with Crippen LogP contribution < -0.4 is 0 Å². The smallest absolute Gasteiger partial charge is 0.320 e. The molecule has 0 aliphatic heterocycles. The first-order valence-electron chi connectivity index (χ1n) is 3.24. The number of hydrogen-bond donors (Lipinski definition) is 0. The van der Waals surface area contributed by atoms with Crippen LogP contribution in [-0.4, -0.2) is 23.8 Å². The van der Waals surface area contributed by atoms with Gasteiger partial charge in [-0.05, 0) is 5.92 Å². The Morgan fingerprint density at radius 1 is 1.60 bits per heavy atom. The average Bonchev–Trinajstić information content (AvgIpc) is 1.87. The molecule has 1 unspecified atom stereocenters. The summed E-state index contributed by atoms with van der Waals surface area (Å²) < 4.78 is 21.0. The largest absolute Gasteiger partial charge is 0.362 e. The highest BCUT2D eigenvalue weighted by molar-refractivity contribution is 7.54. The molecular weight excluding hydrogens is 167 g/mol. The molecule has 0 amide bonds. The second-order valence-corrected chi connectivity index (χ2v) is 5.97. The molecule has 0 bridgehead atoms. The van der Waals surface area contributed by atoms with Crippen molar-refractivity contribution in [3.63, 3.8) is 0 Å².